The van der Waals surface area contributed by atoms with Crippen molar-refractivity contribution in [2.24, 2.45) is 5.92 Å². The number of imide groups is 1. The quantitative estimate of drug-likeness (QED) is 0.381. The second kappa shape index (κ2) is 11.9. The Morgan fingerprint density at radius 2 is 2.03 bits per heavy atom. The van der Waals surface area contributed by atoms with Crippen LogP contribution in [0.3, 0.4) is 0 Å². The van der Waals surface area contributed by atoms with Gasteiger partial charge in [-0.1, -0.05) is 13.8 Å². The molecule has 0 aromatic carbocycles. The number of methoxy groups -OCH3 is 1. The first kappa shape index (κ1) is 25.9. The van der Waals surface area contributed by atoms with E-state index in [1.165, 1.54) is 13.3 Å². The fourth-order valence-corrected chi connectivity index (χ4v) is 4.36. The number of aryl methyl sites for hydroxylation is 1. The van der Waals surface area contributed by atoms with Crippen molar-refractivity contribution in [1.82, 2.24) is 20.8 Å². The molecule has 0 saturated carbocycles. The van der Waals surface area contributed by atoms with E-state index in [0.717, 1.165) is 11.3 Å². The van der Waals surface area contributed by atoms with Crippen LogP contribution in [0.2, 0.25) is 0 Å². The largest absolute Gasteiger partial charge is 0.479 e. The molecule has 0 spiro atoms. The monoisotopic (exact) mass is 524 g/mol. The summed E-state index contributed by atoms with van der Waals surface area (Å²) in [5, 5.41) is 3.64. The van der Waals surface area contributed by atoms with Crippen molar-refractivity contribution in [2.45, 2.75) is 25.0 Å². The van der Waals surface area contributed by atoms with Crippen molar-refractivity contribution in [3.05, 3.63) is 33.5 Å². The predicted molar refractivity (Wildman–Crippen MR) is 112 cm³/mol. The number of rotatable bonds is 6. The fraction of sp³-hybridized carbons (Fsp3) is 0.375. The number of urea groups is 1. The Balaban J connectivity index is 0.000000375. The van der Waals surface area contributed by atoms with E-state index in [1.54, 1.807) is 18.4 Å². The maximum atomic E-state index is 11.8. The Hall–Kier alpha value is -2.13. The molecule has 0 fully saturated rings. The molecule has 11 nitrogen and oxygen atoms in total. The van der Waals surface area contributed by atoms with Gasteiger partial charge >= 0.3 is 16.1 Å². The second-order valence-electron chi connectivity index (χ2n) is 5.99. The van der Waals surface area contributed by atoms with Crippen molar-refractivity contribution >= 4 is 49.3 Å². The summed E-state index contributed by atoms with van der Waals surface area (Å²) in [6.45, 7) is 5.91. The highest BCUT2D eigenvalue weighted by atomic mass is 79.9. The smallest absolute Gasteiger partial charge is 0.345 e. The van der Waals surface area contributed by atoms with Crippen LogP contribution in [-0.4, -0.2) is 48.6 Å². The zero-order valence-corrected chi connectivity index (χ0v) is 19.7. The Bertz CT molecular complexity index is 980. The molecule has 0 aliphatic heterocycles. The Kier molecular flexibility index (Phi) is 10.3. The zero-order valence-electron chi connectivity index (χ0n) is 16.5. The number of carbonyl (C=O) groups is 2. The van der Waals surface area contributed by atoms with E-state index in [0.29, 0.717) is 16.8 Å². The number of nitrogens with zero attached hydrogens (tertiary/aromatic N) is 2. The van der Waals surface area contributed by atoms with Crippen LogP contribution in [0.1, 0.15) is 30.0 Å². The number of ether oxygens (including phenoxy) is 1. The molecule has 0 unspecified atom stereocenters. The van der Waals surface area contributed by atoms with E-state index in [4.69, 9.17) is 14.1 Å². The molecule has 30 heavy (non-hydrogen) atoms. The molecule has 0 aliphatic rings. The molecule has 2 aromatic heterocycles. The maximum absolute atomic E-state index is 11.8. The second-order valence-corrected chi connectivity index (χ2v) is 9.38. The third kappa shape index (κ3) is 8.71. The minimum Gasteiger partial charge on any atom is -0.479 e. The number of carbonyl (C=O) groups excluding carboxylic acids is 2. The number of aromatic nitrogens is 2. The van der Waals surface area contributed by atoms with Crippen LogP contribution in [-0.2, 0) is 15.0 Å². The summed E-state index contributed by atoms with van der Waals surface area (Å²) in [5.74, 6) is -0.410. The average Bonchev–Trinajstić information content (AvgIpc) is 3.08. The standard InChI is InChI=1S/C12H18N4O4.C4H3BrO3S2/c1-7(2)6-20-16-12(18)15-10(17)9-11(19-4)14-8(3)5-13-9;5-3-1-2-9-4(3)10(6,7)8/h5,7H,6H2,1-4H3,(H2,15,16,17,18);1-2H,(H,6,7,8). The molecule has 0 atom stereocenters. The van der Waals surface area contributed by atoms with Crippen molar-refractivity contribution in [3.63, 3.8) is 0 Å². The lowest BCUT2D eigenvalue weighted by Gasteiger charge is -2.09. The summed E-state index contributed by atoms with van der Waals surface area (Å²) in [6, 6.07) is 0.786. The first-order valence-corrected chi connectivity index (χ1v) is 11.4. The average molecular weight is 525 g/mol. The topological polar surface area (TPSA) is 157 Å². The first-order chi connectivity index (χ1) is 14.0. The Morgan fingerprint density at radius 1 is 1.37 bits per heavy atom. The number of halogens is 1. The van der Waals surface area contributed by atoms with E-state index in [-0.39, 0.29) is 21.7 Å². The molecule has 2 heterocycles. The number of thiophene rings is 1. The summed E-state index contributed by atoms with van der Waals surface area (Å²) in [7, 11) is -2.65. The lowest BCUT2D eigenvalue weighted by Crippen LogP contribution is -2.40. The van der Waals surface area contributed by atoms with Crippen LogP contribution in [0, 0.1) is 12.8 Å². The van der Waals surface area contributed by atoms with Crippen LogP contribution in [0.15, 0.2) is 26.3 Å². The minimum atomic E-state index is -4.02. The SMILES string of the molecule is COc1nc(C)cnc1C(=O)NC(=O)NOCC(C)C.O=S(=O)(O)c1sccc1Br. The van der Waals surface area contributed by atoms with Crippen LogP contribution >= 0.6 is 27.3 Å². The van der Waals surface area contributed by atoms with Crippen molar-refractivity contribution < 1.29 is 32.1 Å². The summed E-state index contributed by atoms with van der Waals surface area (Å²) in [6.07, 6.45) is 1.41. The molecule has 2 aromatic rings. The molecule has 3 N–H and O–H groups in total. The molecule has 2 rings (SSSR count). The van der Waals surface area contributed by atoms with Crippen LogP contribution in [0.25, 0.3) is 0 Å². The van der Waals surface area contributed by atoms with Gasteiger partial charge in [0.25, 0.3) is 5.91 Å². The number of hydrogen-bond donors (Lipinski definition) is 3. The minimum absolute atomic E-state index is 0.0486. The van der Waals surface area contributed by atoms with E-state index in [1.807, 2.05) is 13.8 Å². The van der Waals surface area contributed by atoms with Crippen molar-refractivity contribution in [3.8, 4) is 5.88 Å². The van der Waals surface area contributed by atoms with Crippen molar-refractivity contribution in [1.29, 1.82) is 0 Å². The number of amides is 3. The molecule has 14 heteroatoms. The van der Waals surface area contributed by atoms with Crippen molar-refractivity contribution in [2.75, 3.05) is 13.7 Å². The fourth-order valence-electron chi connectivity index (χ4n) is 1.68. The van der Waals surface area contributed by atoms with Gasteiger partial charge in [-0.2, -0.15) is 8.42 Å². The van der Waals surface area contributed by atoms with Gasteiger partial charge in [0.2, 0.25) is 5.88 Å². The van der Waals surface area contributed by atoms with E-state index >= 15 is 0 Å². The lowest BCUT2D eigenvalue weighted by molar-refractivity contribution is 0.0434. The van der Waals surface area contributed by atoms with Gasteiger partial charge in [-0.25, -0.2) is 20.2 Å². The van der Waals surface area contributed by atoms with Crippen LogP contribution in [0.4, 0.5) is 4.79 Å². The third-order valence-corrected chi connectivity index (χ3v) is 6.40. The lowest BCUT2D eigenvalue weighted by atomic mass is 10.2. The van der Waals surface area contributed by atoms with E-state index in [9.17, 15) is 18.0 Å². The van der Waals surface area contributed by atoms with Crippen LogP contribution in [0.5, 0.6) is 5.88 Å². The summed E-state index contributed by atoms with van der Waals surface area (Å²) < 4.78 is 34.7. The summed E-state index contributed by atoms with van der Waals surface area (Å²) >= 11 is 3.94. The van der Waals surface area contributed by atoms with Gasteiger partial charge in [-0.15, -0.1) is 11.3 Å². The predicted octanol–water partition coefficient (Wildman–Crippen LogP) is 2.58. The third-order valence-electron chi connectivity index (χ3n) is 2.90. The molecular weight excluding hydrogens is 504 g/mol. The van der Waals surface area contributed by atoms with Gasteiger partial charge < -0.3 is 4.74 Å². The molecule has 0 saturated heterocycles. The molecular formula is C16H21BrN4O7S2. The Labute approximate surface area is 186 Å². The summed E-state index contributed by atoms with van der Waals surface area (Å²) in [5.41, 5.74) is 2.63. The van der Waals surface area contributed by atoms with Crippen LogP contribution < -0.4 is 15.5 Å². The van der Waals surface area contributed by atoms with Gasteiger partial charge in [0, 0.05) is 10.7 Å². The summed E-state index contributed by atoms with van der Waals surface area (Å²) in [4.78, 5) is 36.0. The highest BCUT2D eigenvalue weighted by Crippen LogP contribution is 2.26. The van der Waals surface area contributed by atoms with Gasteiger partial charge in [0.1, 0.15) is 0 Å². The highest BCUT2D eigenvalue weighted by molar-refractivity contribution is 9.10. The molecule has 0 bridgehead atoms. The van der Waals surface area contributed by atoms with E-state index in [2.05, 4.69) is 36.7 Å². The van der Waals surface area contributed by atoms with Gasteiger partial charge in [0.05, 0.1) is 19.4 Å². The number of nitrogens with one attached hydrogen (secondary N) is 2. The first-order valence-electron chi connectivity index (χ1n) is 8.26. The zero-order chi connectivity index (χ0) is 22.9. The normalized spacial score (nSPS) is 10.8. The molecule has 0 radical (unpaired) electrons. The molecule has 0 aliphatic carbocycles. The highest BCUT2D eigenvalue weighted by Gasteiger charge is 2.18. The van der Waals surface area contributed by atoms with Gasteiger partial charge in [-0.3, -0.25) is 19.5 Å². The molecule has 166 valence electrons. The Morgan fingerprint density at radius 3 is 2.50 bits per heavy atom. The number of hydrogen-bond acceptors (Lipinski definition) is 9. The number of hydroxylamine groups is 1. The van der Waals surface area contributed by atoms with E-state index < -0.39 is 22.1 Å². The van der Waals surface area contributed by atoms with Gasteiger partial charge in [-0.05, 0) is 40.2 Å². The van der Waals surface area contributed by atoms with Gasteiger partial charge in [0.15, 0.2) is 9.90 Å². The molecule has 3 amide bonds. The maximum Gasteiger partial charge on any atom is 0.345 e.